The van der Waals surface area contributed by atoms with E-state index in [9.17, 15) is 4.79 Å². The van der Waals surface area contributed by atoms with Crippen LogP contribution in [0.15, 0.2) is 23.0 Å². The van der Waals surface area contributed by atoms with Crippen molar-refractivity contribution < 1.29 is 9.53 Å². The van der Waals surface area contributed by atoms with Crippen LogP contribution in [-0.4, -0.2) is 40.8 Å². The normalized spacial score (nSPS) is 17.8. The summed E-state index contributed by atoms with van der Waals surface area (Å²) in [5.41, 5.74) is 3.41. The average molecular weight is 305 g/mol. The van der Waals surface area contributed by atoms with Gasteiger partial charge in [0.15, 0.2) is 0 Å². The highest BCUT2D eigenvalue weighted by Crippen LogP contribution is 2.28. The Morgan fingerprint density at radius 3 is 3.14 bits per heavy atom. The minimum atomic E-state index is 0.170. The standard InChI is InChI=1S/C15H19N3O2S/c1-17-15-12(6-16-17)7-18(8-13(15)9-20-2)14(19)5-11-3-4-21-10-11/h3-4,6,10,13H,5,7-9H2,1-2H3/t13-/m0/s1. The van der Waals surface area contributed by atoms with Crippen molar-refractivity contribution in [2.75, 3.05) is 20.3 Å². The molecule has 0 saturated heterocycles. The van der Waals surface area contributed by atoms with Crippen LogP contribution in [-0.2, 0) is 29.5 Å². The van der Waals surface area contributed by atoms with E-state index in [4.69, 9.17) is 4.74 Å². The molecule has 0 unspecified atom stereocenters. The van der Waals surface area contributed by atoms with Crippen molar-refractivity contribution in [3.05, 3.63) is 39.8 Å². The molecule has 0 N–H and O–H groups in total. The topological polar surface area (TPSA) is 47.4 Å². The van der Waals surface area contributed by atoms with E-state index in [1.807, 2.05) is 39.7 Å². The minimum Gasteiger partial charge on any atom is -0.384 e. The lowest BCUT2D eigenvalue weighted by Gasteiger charge is -2.33. The lowest BCUT2D eigenvalue weighted by Crippen LogP contribution is -2.40. The second-order valence-electron chi connectivity index (χ2n) is 5.41. The van der Waals surface area contributed by atoms with Crippen LogP contribution in [0.25, 0.3) is 0 Å². The van der Waals surface area contributed by atoms with Gasteiger partial charge in [-0.25, -0.2) is 0 Å². The van der Waals surface area contributed by atoms with Crippen LogP contribution in [0.3, 0.4) is 0 Å². The number of amides is 1. The number of aromatic nitrogens is 2. The molecule has 2 aromatic rings. The van der Waals surface area contributed by atoms with Crippen LogP contribution in [0.4, 0.5) is 0 Å². The summed E-state index contributed by atoms with van der Waals surface area (Å²) >= 11 is 1.62. The Balaban J connectivity index is 1.78. The summed E-state index contributed by atoms with van der Waals surface area (Å²) in [6.07, 6.45) is 2.33. The SMILES string of the molecule is COC[C@@H]1CN(C(=O)Cc2ccsc2)Cc2cnn(C)c21. The van der Waals surface area contributed by atoms with Gasteiger partial charge in [0.25, 0.3) is 0 Å². The number of methoxy groups -OCH3 is 1. The molecule has 3 rings (SSSR count). The van der Waals surface area contributed by atoms with Crippen LogP contribution in [0, 0.1) is 0 Å². The molecule has 0 fully saturated rings. The first-order chi connectivity index (χ1) is 10.2. The van der Waals surface area contributed by atoms with Crippen molar-refractivity contribution in [3.63, 3.8) is 0 Å². The lowest BCUT2D eigenvalue weighted by atomic mass is 9.96. The molecule has 0 radical (unpaired) electrons. The zero-order valence-electron chi connectivity index (χ0n) is 12.3. The fraction of sp³-hybridized carbons (Fsp3) is 0.467. The van der Waals surface area contributed by atoms with Crippen LogP contribution in [0.2, 0.25) is 0 Å². The molecule has 5 nitrogen and oxygen atoms in total. The van der Waals surface area contributed by atoms with Gasteiger partial charge in [0, 0.05) is 38.7 Å². The number of rotatable bonds is 4. The first kappa shape index (κ1) is 14.3. The van der Waals surface area contributed by atoms with Gasteiger partial charge in [0.05, 0.1) is 24.9 Å². The summed E-state index contributed by atoms with van der Waals surface area (Å²) in [4.78, 5) is 14.4. The summed E-state index contributed by atoms with van der Waals surface area (Å²) < 4.78 is 7.22. The van der Waals surface area contributed by atoms with Gasteiger partial charge in [0.2, 0.25) is 5.91 Å². The maximum Gasteiger partial charge on any atom is 0.227 e. The van der Waals surface area contributed by atoms with E-state index in [1.54, 1.807) is 18.4 Å². The van der Waals surface area contributed by atoms with E-state index in [2.05, 4.69) is 5.10 Å². The van der Waals surface area contributed by atoms with Crippen LogP contribution in [0.5, 0.6) is 0 Å². The predicted molar refractivity (Wildman–Crippen MR) is 81.3 cm³/mol. The Morgan fingerprint density at radius 1 is 1.57 bits per heavy atom. The molecule has 2 aromatic heterocycles. The van der Waals surface area contributed by atoms with Gasteiger partial charge in [-0.3, -0.25) is 9.48 Å². The van der Waals surface area contributed by atoms with Gasteiger partial charge in [0.1, 0.15) is 0 Å². The maximum atomic E-state index is 12.5. The highest BCUT2D eigenvalue weighted by molar-refractivity contribution is 7.07. The Morgan fingerprint density at radius 2 is 2.43 bits per heavy atom. The summed E-state index contributed by atoms with van der Waals surface area (Å²) in [7, 11) is 3.65. The Kier molecular flexibility index (Phi) is 4.07. The summed E-state index contributed by atoms with van der Waals surface area (Å²) in [6.45, 7) is 1.95. The number of carbonyl (C=O) groups is 1. The van der Waals surface area contributed by atoms with Crippen LogP contribution in [0.1, 0.15) is 22.7 Å². The highest BCUT2D eigenvalue weighted by Gasteiger charge is 2.30. The Bertz CT molecular complexity index is 621. The van der Waals surface area contributed by atoms with Gasteiger partial charge >= 0.3 is 0 Å². The quantitative estimate of drug-likeness (QED) is 0.865. The van der Waals surface area contributed by atoms with Gasteiger partial charge in [-0.2, -0.15) is 16.4 Å². The third kappa shape index (κ3) is 2.87. The number of aryl methyl sites for hydroxylation is 1. The van der Waals surface area contributed by atoms with Gasteiger partial charge in [-0.15, -0.1) is 0 Å². The molecule has 112 valence electrons. The highest BCUT2D eigenvalue weighted by atomic mass is 32.1. The number of thiophene rings is 1. The fourth-order valence-electron chi connectivity index (χ4n) is 2.97. The molecule has 1 aliphatic heterocycles. The maximum absolute atomic E-state index is 12.5. The number of fused-ring (bicyclic) bond motifs is 1. The van der Waals surface area contributed by atoms with E-state index in [-0.39, 0.29) is 11.8 Å². The van der Waals surface area contributed by atoms with Crippen molar-refractivity contribution in [1.29, 1.82) is 0 Å². The van der Waals surface area contributed by atoms with Crippen molar-refractivity contribution >= 4 is 17.2 Å². The molecule has 1 atom stereocenters. The molecule has 6 heteroatoms. The monoisotopic (exact) mass is 305 g/mol. The first-order valence-corrected chi connectivity index (χ1v) is 7.92. The number of hydrogen-bond donors (Lipinski definition) is 0. The zero-order chi connectivity index (χ0) is 14.8. The third-order valence-electron chi connectivity index (χ3n) is 3.91. The number of carbonyl (C=O) groups excluding carboxylic acids is 1. The van der Waals surface area contributed by atoms with Gasteiger partial charge < -0.3 is 9.64 Å². The zero-order valence-corrected chi connectivity index (χ0v) is 13.1. The lowest BCUT2D eigenvalue weighted by molar-refractivity contribution is -0.132. The largest absolute Gasteiger partial charge is 0.384 e. The predicted octanol–water partition coefficient (Wildman–Crippen LogP) is 1.80. The summed E-state index contributed by atoms with van der Waals surface area (Å²) in [5.74, 6) is 0.363. The van der Waals surface area contributed by atoms with Crippen molar-refractivity contribution in [3.8, 4) is 0 Å². The van der Waals surface area contributed by atoms with Crippen LogP contribution >= 0.6 is 11.3 Å². The second kappa shape index (κ2) is 5.99. The summed E-state index contributed by atoms with van der Waals surface area (Å²) in [5, 5.41) is 8.36. The third-order valence-corrected chi connectivity index (χ3v) is 4.64. The molecular formula is C15H19N3O2S. The van der Waals surface area contributed by atoms with E-state index in [0.717, 1.165) is 11.1 Å². The molecule has 0 saturated carbocycles. The average Bonchev–Trinajstić information content (AvgIpc) is 3.09. The smallest absolute Gasteiger partial charge is 0.227 e. The van der Waals surface area contributed by atoms with Crippen LogP contribution < -0.4 is 0 Å². The van der Waals surface area contributed by atoms with Gasteiger partial charge in [-0.05, 0) is 22.4 Å². The minimum absolute atomic E-state index is 0.170. The molecular weight excluding hydrogens is 286 g/mol. The molecule has 1 aliphatic rings. The van der Waals surface area contributed by atoms with E-state index in [0.29, 0.717) is 26.1 Å². The fourth-order valence-corrected chi connectivity index (χ4v) is 3.63. The molecule has 3 heterocycles. The molecule has 0 spiro atoms. The van der Waals surface area contributed by atoms with Crippen molar-refractivity contribution in [1.82, 2.24) is 14.7 Å². The Labute approximate surface area is 128 Å². The van der Waals surface area contributed by atoms with Crippen molar-refractivity contribution in [2.24, 2.45) is 7.05 Å². The Hall–Kier alpha value is -1.66. The van der Waals surface area contributed by atoms with E-state index in [1.165, 1.54) is 5.69 Å². The van der Waals surface area contributed by atoms with E-state index >= 15 is 0 Å². The number of hydrogen-bond acceptors (Lipinski definition) is 4. The summed E-state index contributed by atoms with van der Waals surface area (Å²) in [6, 6.07) is 2.01. The van der Waals surface area contributed by atoms with Crippen molar-refractivity contribution in [2.45, 2.75) is 18.9 Å². The molecule has 0 aromatic carbocycles. The molecule has 1 amide bonds. The van der Waals surface area contributed by atoms with Gasteiger partial charge in [-0.1, -0.05) is 0 Å². The van der Waals surface area contributed by atoms with E-state index < -0.39 is 0 Å². The molecule has 0 aliphatic carbocycles. The molecule has 21 heavy (non-hydrogen) atoms. The first-order valence-electron chi connectivity index (χ1n) is 6.97. The number of ether oxygens (including phenoxy) is 1. The molecule has 0 bridgehead atoms. The second-order valence-corrected chi connectivity index (χ2v) is 6.19. The number of nitrogens with zero attached hydrogens (tertiary/aromatic N) is 3.